The van der Waals surface area contributed by atoms with Crippen LogP contribution in [0.15, 0.2) is 36.5 Å². The van der Waals surface area contributed by atoms with Crippen molar-refractivity contribution in [3.63, 3.8) is 0 Å². The van der Waals surface area contributed by atoms with Gasteiger partial charge >= 0.3 is 6.01 Å². The van der Waals surface area contributed by atoms with Gasteiger partial charge in [0.15, 0.2) is 5.82 Å². The molecule has 0 saturated carbocycles. The molecule has 2 aliphatic rings. The Balaban J connectivity index is 1.49. The molecule has 0 bridgehead atoms. The lowest BCUT2D eigenvalue weighted by Gasteiger charge is -2.31. The minimum Gasteiger partial charge on any atom is -0.461 e. The van der Waals surface area contributed by atoms with E-state index in [1.807, 2.05) is 19.9 Å². The van der Waals surface area contributed by atoms with Gasteiger partial charge in [0, 0.05) is 22.5 Å². The van der Waals surface area contributed by atoms with Gasteiger partial charge in [-0.1, -0.05) is 44.0 Å². The summed E-state index contributed by atoms with van der Waals surface area (Å²) in [6.45, 7) is 6.67. The fraction of sp³-hybridized carbons (Fsp3) is 0.367. The van der Waals surface area contributed by atoms with Crippen LogP contribution in [0.25, 0.3) is 32.9 Å². The van der Waals surface area contributed by atoms with Gasteiger partial charge in [-0.05, 0) is 56.1 Å². The number of nitrogens with zero attached hydrogens (tertiary/aromatic N) is 4. The molecule has 2 aromatic heterocycles. The summed E-state index contributed by atoms with van der Waals surface area (Å²) in [5, 5.41) is 1.69. The average Bonchev–Trinajstić information content (AvgIpc) is 3.48. The van der Waals surface area contributed by atoms with E-state index in [1.54, 1.807) is 24.4 Å². The van der Waals surface area contributed by atoms with Gasteiger partial charge in [-0.2, -0.15) is 9.97 Å². The molecular weight excluding hydrogens is 470 g/mol. The van der Waals surface area contributed by atoms with Crippen LogP contribution in [0.2, 0.25) is 0 Å². The Bertz CT molecular complexity index is 1570. The van der Waals surface area contributed by atoms with E-state index < -0.39 is 11.6 Å². The quantitative estimate of drug-likeness (QED) is 0.305. The standard InChI is InChI=1S/C30H28F2N4O/c1-4-20-23(31)11-10-19-8-5-9-21(24(19)20)27-25(32)28-22(16-33-27)26(18(2)3)34-29(35-28)37-17-30-12-6-14-36(30)15-7-13-30/h1,5,8-11,16,18H,6-7,12-15,17H2,2-3H3. The van der Waals surface area contributed by atoms with Crippen LogP contribution in [0.5, 0.6) is 6.01 Å². The molecule has 2 fully saturated rings. The molecule has 37 heavy (non-hydrogen) atoms. The van der Waals surface area contributed by atoms with E-state index in [0.717, 1.165) is 38.8 Å². The molecule has 5 nitrogen and oxygen atoms in total. The fourth-order valence-electron chi connectivity index (χ4n) is 6.10. The molecule has 2 saturated heterocycles. The zero-order valence-corrected chi connectivity index (χ0v) is 21.0. The third-order valence-electron chi connectivity index (χ3n) is 7.92. The van der Waals surface area contributed by atoms with Crippen molar-refractivity contribution in [2.75, 3.05) is 19.7 Å². The highest BCUT2D eigenvalue weighted by Crippen LogP contribution is 2.40. The highest BCUT2D eigenvalue weighted by atomic mass is 19.1. The average molecular weight is 499 g/mol. The molecule has 7 heteroatoms. The number of fused-ring (bicyclic) bond motifs is 3. The van der Waals surface area contributed by atoms with Crippen LogP contribution in [0.1, 0.15) is 56.7 Å². The number of benzene rings is 2. The summed E-state index contributed by atoms with van der Waals surface area (Å²) in [6.07, 6.45) is 11.7. The molecule has 2 aliphatic heterocycles. The van der Waals surface area contributed by atoms with Crippen molar-refractivity contribution in [3.8, 4) is 29.6 Å². The number of terminal acetylenes is 1. The predicted molar refractivity (Wildman–Crippen MR) is 140 cm³/mol. The van der Waals surface area contributed by atoms with E-state index in [1.165, 1.54) is 6.07 Å². The number of hydrogen-bond donors (Lipinski definition) is 0. The molecule has 4 aromatic rings. The number of pyridine rings is 1. The maximum absolute atomic E-state index is 16.2. The van der Waals surface area contributed by atoms with Crippen molar-refractivity contribution in [1.82, 2.24) is 19.9 Å². The van der Waals surface area contributed by atoms with Crippen molar-refractivity contribution in [2.24, 2.45) is 0 Å². The first-order valence-corrected chi connectivity index (χ1v) is 12.8. The van der Waals surface area contributed by atoms with Crippen LogP contribution in [0, 0.1) is 24.0 Å². The highest BCUT2D eigenvalue weighted by Gasteiger charge is 2.45. The third kappa shape index (κ3) is 3.82. The fourth-order valence-corrected chi connectivity index (χ4v) is 6.10. The lowest BCUT2D eigenvalue weighted by molar-refractivity contribution is 0.107. The predicted octanol–water partition coefficient (Wildman–Crippen LogP) is 6.24. The molecule has 0 atom stereocenters. The van der Waals surface area contributed by atoms with Crippen molar-refractivity contribution in [3.05, 3.63) is 59.4 Å². The van der Waals surface area contributed by atoms with Crippen LogP contribution in [-0.2, 0) is 0 Å². The molecule has 0 spiro atoms. The number of aromatic nitrogens is 3. The lowest BCUT2D eigenvalue weighted by Crippen LogP contribution is -2.43. The lowest BCUT2D eigenvalue weighted by atomic mass is 9.95. The SMILES string of the molecule is C#Cc1c(F)ccc2cccc(-c3ncc4c(C(C)C)nc(OCC56CCCN5CCC6)nc4c3F)c12. The maximum Gasteiger partial charge on any atom is 0.317 e. The zero-order chi connectivity index (χ0) is 25.7. The monoisotopic (exact) mass is 498 g/mol. The Labute approximate surface area is 214 Å². The van der Waals surface area contributed by atoms with E-state index in [4.69, 9.17) is 11.2 Å². The van der Waals surface area contributed by atoms with Gasteiger partial charge in [0.05, 0.1) is 16.8 Å². The summed E-state index contributed by atoms with van der Waals surface area (Å²) < 4.78 is 37.0. The van der Waals surface area contributed by atoms with Crippen molar-refractivity contribution >= 4 is 21.7 Å². The number of ether oxygens (including phenoxy) is 1. The van der Waals surface area contributed by atoms with Crippen LogP contribution >= 0.6 is 0 Å². The van der Waals surface area contributed by atoms with Gasteiger partial charge in [-0.3, -0.25) is 9.88 Å². The first-order chi connectivity index (χ1) is 17.9. The molecule has 0 N–H and O–H groups in total. The van der Waals surface area contributed by atoms with Gasteiger partial charge in [0.1, 0.15) is 23.6 Å². The minimum absolute atomic E-state index is 0.00668. The number of rotatable bonds is 5. The molecule has 2 aromatic carbocycles. The van der Waals surface area contributed by atoms with Gasteiger partial charge in [0.25, 0.3) is 0 Å². The summed E-state index contributed by atoms with van der Waals surface area (Å²) in [5.74, 6) is 1.30. The summed E-state index contributed by atoms with van der Waals surface area (Å²) in [5.41, 5.74) is 1.41. The summed E-state index contributed by atoms with van der Waals surface area (Å²) >= 11 is 0. The minimum atomic E-state index is -0.604. The van der Waals surface area contributed by atoms with Crippen molar-refractivity contribution in [1.29, 1.82) is 0 Å². The second kappa shape index (κ2) is 9.04. The Morgan fingerprint density at radius 1 is 1.11 bits per heavy atom. The van der Waals surface area contributed by atoms with Gasteiger partial charge in [-0.15, -0.1) is 6.42 Å². The molecule has 4 heterocycles. The van der Waals surface area contributed by atoms with Crippen molar-refractivity contribution in [2.45, 2.75) is 51.0 Å². The first-order valence-electron chi connectivity index (χ1n) is 12.8. The third-order valence-corrected chi connectivity index (χ3v) is 7.92. The normalized spacial score (nSPS) is 17.0. The van der Waals surface area contributed by atoms with E-state index in [0.29, 0.717) is 34.0 Å². The summed E-state index contributed by atoms with van der Waals surface area (Å²) in [4.78, 5) is 16.2. The van der Waals surface area contributed by atoms with Crippen LogP contribution in [-0.4, -0.2) is 45.1 Å². The van der Waals surface area contributed by atoms with Crippen LogP contribution < -0.4 is 4.74 Å². The maximum atomic E-state index is 16.2. The molecule has 188 valence electrons. The Kier molecular flexibility index (Phi) is 5.80. The summed E-state index contributed by atoms with van der Waals surface area (Å²) in [7, 11) is 0. The largest absolute Gasteiger partial charge is 0.461 e. The smallest absolute Gasteiger partial charge is 0.317 e. The van der Waals surface area contributed by atoms with E-state index in [9.17, 15) is 4.39 Å². The van der Waals surface area contributed by atoms with E-state index in [2.05, 4.69) is 25.8 Å². The van der Waals surface area contributed by atoms with E-state index in [-0.39, 0.29) is 34.2 Å². The Morgan fingerprint density at radius 2 is 1.89 bits per heavy atom. The number of halogens is 2. The molecule has 0 radical (unpaired) electrons. The highest BCUT2D eigenvalue weighted by molar-refractivity contribution is 6.01. The Hall–Kier alpha value is -3.63. The molecule has 0 aliphatic carbocycles. The molecule has 0 amide bonds. The first kappa shape index (κ1) is 23.7. The van der Waals surface area contributed by atoms with Crippen LogP contribution in [0.4, 0.5) is 8.78 Å². The topological polar surface area (TPSA) is 51.1 Å². The van der Waals surface area contributed by atoms with Gasteiger partial charge in [-0.25, -0.2) is 8.78 Å². The molecular formula is C30H28F2N4O. The number of hydrogen-bond acceptors (Lipinski definition) is 5. The van der Waals surface area contributed by atoms with Gasteiger partial charge < -0.3 is 4.74 Å². The van der Waals surface area contributed by atoms with E-state index >= 15 is 4.39 Å². The second-order valence-electron chi connectivity index (χ2n) is 10.4. The molecule has 6 rings (SSSR count). The summed E-state index contributed by atoms with van der Waals surface area (Å²) in [6, 6.07) is 8.44. The Morgan fingerprint density at radius 3 is 2.62 bits per heavy atom. The second-order valence-corrected chi connectivity index (χ2v) is 10.4. The zero-order valence-electron chi connectivity index (χ0n) is 21.0. The van der Waals surface area contributed by atoms with Crippen molar-refractivity contribution < 1.29 is 13.5 Å². The molecule has 0 unspecified atom stereocenters. The van der Waals surface area contributed by atoms with Gasteiger partial charge in [0.2, 0.25) is 0 Å². The van der Waals surface area contributed by atoms with Crippen LogP contribution in [0.3, 0.4) is 0 Å².